The number of hydrogen-bond acceptors (Lipinski definition) is 3. The van der Waals surface area contributed by atoms with Gasteiger partial charge in [-0.25, -0.2) is 0 Å². The van der Waals surface area contributed by atoms with Crippen LogP contribution in [0.15, 0.2) is 54.0 Å². The number of aromatic nitrogens is 2. The third kappa shape index (κ3) is 1.98. The Kier molecular flexibility index (Phi) is 3.25. The molecule has 0 bridgehead atoms. The summed E-state index contributed by atoms with van der Waals surface area (Å²) >= 11 is 0. The average Bonchev–Trinajstić information content (AvgIpc) is 3.21. The fourth-order valence-corrected chi connectivity index (χ4v) is 3.36. The van der Waals surface area contributed by atoms with Crippen LogP contribution in [-0.4, -0.2) is 14.9 Å². The van der Waals surface area contributed by atoms with Crippen LogP contribution in [0.3, 0.4) is 0 Å². The van der Waals surface area contributed by atoms with Gasteiger partial charge in [0.15, 0.2) is 0 Å². The molecule has 0 radical (unpaired) electrons. The van der Waals surface area contributed by atoms with Crippen molar-refractivity contribution in [3.8, 4) is 5.69 Å². The molecule has 1 aliphatic rings. The molecule has 0 amide bonds. The van der Waals surface area contributed by atoms with Crippen LogP contribution in [0.4, 0.5) is 0 Å². The highest BCUT2D eigenvalue weighted by molar-refractivity contribution is 6.07. The minimum atomic E-state index is -0.197. The number of fused-ring (bicyclic) bond motifs is 2. The van der Waals surface area contributed by atoms with Gasteiger partial charge in [0.1, 0.15) is 5.52 Å². The summed E-state index contributed by atoms with van der Waals surface area (Å²) in [6.45, 7) is 5.11. The summed E-state index contributed by atoms with van der Waals surface area (Å²) in [6, 6.07) is 9.61. The predicted molar refractivity (Wildman–Crippen MR) is 93.6 cm³/mol. The Morgan fingerprint density at radius 2 is 2.12 bits per heavy atom. The van der Waals surface area contributed by atoms with Crippen LogP contribution in [0.5, 0.6) is 0 Å². The van der Waals surface area contributed by atoms with Gasteiger partial charge in [-0.3, -0.25) is 9.59 Å². The summed E-state index contributed by atoms with van der Waals surface area (Å²) in [6.07, 6.45) is 3.00. The lowest BCUT2D eigenvalue weighted by Gasteiger charge is -2.13. The van der Waals surface area contributed by atoms with Gasteiger partial charge in [0.25, 0.3) is 5.56 Å². The molecular weight excluding hydrogens is 302 g/mol. The number of ketones is 1. The number of nitrogens with one attached hydrogen (secondary N) is 1. The lowest BCUT2D eigenvalue weighted by molar-refractivity contribution is 0.104. The topological polar surface area (TPSA) is 56.0 Å². The van der Waals surface area contributed by atoms with Crippen molar-refractivity contribution in [2.24, 2.45) is 7.05 Å². The number of nitrogens with zero attached hydrogens (tertiary/aromatic N) is 2. The van der Waals surface area contributed by atoms with Crippen molar-refractivity contribution in [1.29, 1.82) is 0 Å². The minimum absolute atomic E-state index is 0.126. The Balaban J connectivity index is 2.16. The summed E-state index contributed by atoms with van der Waals surface area (Å²) in [5.41, 5.74) is 4.05. The molecule has 1 aliphatic heterocycles. The van der Waals surface area contributed by atoms with Crippen LogP contribution in [0.1, 0.15) is 21.6 Å². The maximum absolute atomic E-state index is 12.7. The molecule has 0 spiro atoms. The fraction of sp³-hybridized carbons (Fsp3) is 0.158. The second-order valence-electron chi connectivity index (χ2n) is 5.99. The number of carbonyl (C=O) groups is 1. The van der Waals surface area contributed by atoms with E-state index in [1.54, 1.807) is 23.9 Å². The molecule has 3 aromatic rings. The average molecular weight is 319 g/mol. The van der Waals surface area contributed by atoms with E-state index in [1.165, 1.54) is 16.2 Å². The molecule has 4 rings (SSSR count). The first-order chi connectivity index (χ1) is 11.6. The van der Waals surface area contributed by atoms with Crippen molar-refractivity contribution in [3.63, 3.8) is 0 Å². The van der Waals surface area contributed by atoms with Crippen molar-refractivity contribution in [3.05, 3.63) is 76.4 Å². The quantitative estimate of drug-likeness (QED) is 0.595. The largest absolute Gasteiger partial charge is 0.317 e. The van der Waals surface area contributed by atoms with E-state index in [-0.39, 0.29) is 11.3 Å². The van der Waals surface area contributed by atoms with Gasteiger partial charge in [0.2, 0.25) is 5.78 Å². The molecular formula is C19H17N3O2. The van der Waals surface area contributed by atoms with Gasteiger partial charge in [0, 0.05) is 31.7 Å². The van der Waals surface area contributed by atoms with Crippen LogP contribution in [-0.2, 0) is 20.1 Å². The van der Waals surface area contributed by atoms with Crippen LogP contribution < -0.4 is 10.9 Å². The first-order valence-electron chi connectivity index (χ1n) is 7.81. The van der Waals surface area contributed by atoms with Crippen LogP contribution in [0.25, 0.3) is 16.6 Å². The molecule has 5 nitrogen and oxygen atoms in total. The fourth-order valence-electron chi connectivity index (χ4n) is 3.36. The summed E-state index contributed by atoms with van der Waals surface area (Å²) in [7, 11) is 1.71. The van der Waals surface area contributed by atoms with Crippen molar-refractivity contribution in [2.75, 3.05) is 0 Å². The third-order valence-corrected chi connectivity index (χ3v) is 4.58. The van der Waals surface area contributed by atoms with E-state index in [4.69, 9.17) is 0 Å². The van der Waals surface area contributed by atoms with Crippen LogP contribution >= 0.6 is 0 Å². The second-order valence-corrected chi connectivity index (χ2v) is 5.99. The molecule has 1 N–H and O–H groups in total. The van der Waals surface area contributed by atoms with E-state index in [0.29, 0.717) is 11.2 Å². The zero-order valence-electron chi connectivity index (χ0n) is 13.4. The normalized spacial score (nSPS) is 13.2. The van der Waals surface area contributed by atoms with E-state index in [9.17, 15) is 9.59 Å². The number of pyridine rings is 1. The summed E-state index contributed by atoms with van der Waals surface area (Å²) in [5.74, 6) is -0.197. The monoisotopic (exact) mass is 319 g/mol. The highest BCUT2D eigenvalue weighted by Gasteiger charge is 2.22. The third-order valence-electron chi connectivity index (χ3n) is 4.58. The number of rotatable bonds is 3. The first-order valence-corrected chi connectivity index (χ1v) is 7.81. The molecule has 2 aromatic heterocycles. The number of hydrogen-bond donors (Lipinski definition) is 1. The molecule has 0 saturated heterocycles. The molecule has 1 aromatic carbocycles. The number of allylic oxidation sites excluding steroid dienone is 1. The zero-order valence-corrected chi connectivity index (χ0v) is 13.4. The van der Waals surface area contributed by atoms with E-state index >= 15 is 0 Å². The molecule has 0 unspecified atom stereocenters. The molecule has 3 heterocycles. The van der Waals surface area contributed by atoms with Crippen molar-refractivity contribution in [2.45, 2.75) is 13.1 Å². The molecule has 0 fully saturated rings. The number of aryl methyl sites for hydroxylation is 1. The van der Waals surface area contributed by atoms with Crippen molar-refractivity contribution in [1.82, 2.24) is 14.5 Å². The lowest BCUT2D eigenvalue weighted by Crippen LogP contribution is -2.19. The van der Waals surface area contributed by atoms with Crippen LogP contribution in [0.2, 0.25) is 0 Å². The smallest absolute Gasteiger partial charge is 0.275 e. The molecule has 0 aliphatic carbocycles. The van der Waals surface area contributed by atoms with E-state index < -0.39 is 0 Å². The minimum Gasteiger partial charge on any atom is -0.317 e. The number of benzene rings is 1. The lowest BCUT2D eigenvalue weighted by atomic mass is 10.1. The summed E-state index contributed by atoms with van der Waals surface area (Å²) < 4.78 is 3.32. The van der Waals surface area contributed by atoms with Gasteiger partial charge < -0.3 is 14.5 Å². The molecule has 0 saturated carbocycles. The first kappa shape index (κ1) is 14.7. The van der Waals surface area contributed by atoms with Gasteiger partial charge in [-0.2, -0.15) is 0 Å². The maximum Gasteiger partial charge on any atom is 0.275 e. The molecule has 120 valence electrons. The Bertz CT molecular complexity index is 1060. The van der Waals surface area contributed by atoms with Gasteiger partial charge in [0.05, 0.1) is 11.4 Å². The zero-order chi connectivity index (χ0) is 16.8. The van der Waals surface area contributed by atoms with E-state index in [2.05, 4.69) is 18.0 Å². The van der Waals surface area contributed by atoms with Crippen molar-refractivity contribution >= 4 is 16.7 Å². The highest BCUT2D eigenvalue weighted by Crippen LogP contribution is 2.28. The molecule has 5 heteroatoms. The molecule has 0 atom stereocenters. The predicted octanol–water partition coefficient (Wildman–Crippen LogP) is 2.30. The SMILES string of the molecule is C=CC(=O)c1cc2ccn(C)c(=O)c2n1-c1cccc2c1CNC2. The van der Waals surface area contributed by atoms with Gasteiger partial charge in [-0.15, -0.1) is 0 Å². The Morgan fingerprint density at radius 3 is 2.92 bits per heavy atom. The van der Waals surface area contributed by atoms with E-state index in [1.807, 2.05) is 18.2 Å². The second kappa shape index (κ2) is 5.32. The van der Waals surface area contributed by atoms with Crippen molar-refractivity contribution < 1.29 is 4.79 Å². The van der Waals surface area contributed by atoms with Gasteiger partial charge in [-0.1, -0.05) is 18.7 Å². The van der Waals surface area contributed by atoms with Gasteiger partial charge in [-0.05, 0) is 35.4 Å². The maximum atomic E-state index is 12.7. The summed E-state index contributed by atoms with van der Waals surface area (Å²) in [5, 5.41) is 4.08. The molecule has 24 heavy (non-hydrogen) atoms. The number of carbonyl (C=O) groups excluding carboxylic acids is 1. The van der Waals surface area contributed by atoms with E-state index in [0.717, 1.165) is 29.7 Å². The highest BCUT2D eigenvalue weighted by atomic mass is 16.1. The van der Waals surface area contributed by atoms with Crippen LogP contribution in [0, 0.1) is 0 Å². The Morgan fingerprint density at radius 1 is 1.29 bits per heavy atom. The Labute approximate surface area is 138 Å². The standard InChI is InChI=1S/C19H17N3O2/c1-3-17(23)16-9-12-7-8-21(2)19(24)18(12)22(16)15-6-4-5-13-10-20-11-14(13)15/h3-9,20H,1,10-11H2,2H3. The summed E-state index contributed by atoms with van der Waals surface area (Å²) in [4.78, 5) is 25.1. The Hall–Kier alpha value is -2.92. The van der Waals surface area contributed by atoms with Gasteiger partial charge >= 0.3 is 0 Å².